The summed E-state index contributed by atoms with van der Waals surface area (Å²) < 4.78 is 15.8. The summed E-state index contributed by atoms with van der Waals surface area (Å²) in [4.78, 5) is 11.9. The molecule has 0 fully saturated rings. The van der Waals surface area contributed by atoms with Crippen molar-refractivity contribution in [3.8, 4) is 0 Å². The number of carbonyl (C=O) groups is 1. The largest absolute Gasteiger partial charge is 0.469 e. The van der Waals surface area contributed by atoms with Gasteiger partial charge in [-0.2, -0.15) is 0 Å². The molecule has 0 spiro atoms. The molecule has 0 aromatic carbocycles. The highest BCUT2D eigenvalue weighted by atomic mass is 16.7. The molecule has 4 nitrogen and oxygen atoms in total. The third kappa shape index (κ3) is 4.18. The fraction of sp³-hybridized carbons (Fsp3) is 0.667. The van der Waals surface area contributed by atoms with Crippen molar-refractivity contribution in [2.45, 2.75) is 33.5 Å². The molecule has 108 valence electrons. The molecular formula is C15H24O4. The van der Waals surface area contributed by atoms with Crippen molar-refractivity contribution >= 4 is 5.97 Å². The number of ether oxygens (including phenoxy) is 3. The van der Waals surface area contributed by atoms with Crippen LogP contribution in [-0.4, -0.2) is 32.6 Å². The molecule has 4 heteroatoms. The van der Waals surface area contributed by atoms with Crippen LogP contribution in [-0.2, 0) is 19.0 Å². The first-order chi connectivity index (χ1) is 9.01. The van der Waals surface area contributed by atoms with Gasteiger partial charge in [-0.15, -0.1) is 0 Å². The minimum absolute atomic E-state index is 0.119. The molecule has 0 saturated heterocycles. The van der Waals surface area contributed by atoms with Crippen LogP contribution in [0.4, 0.5) is 0 Å². The molecule has 0 saturated carbocycles. The summed E-state index contributed by atoms with van der Waals surface area (Å²) in [7, 11) is 1.41. The summed E-state index contributed by atoms with van der Waals surface area (Å²) in [6.45, 7) is 10.7. The molecule has 1 unspecified atom stereocenters. The predicted molar refractivity (Wildman–Crippen MR) is 73.6 cm³/mol. The molecule has 1 aliphatic rings. The van der Waals surface area contributed by atoms with Crippen molar-refractivity contribution in [3.05, 3.63) is 23.8 Å². The fourth-order valence-corrected chi connectivity index (χ4v) is 2.37. The highest BCUT2D eigenvalue weighted by Gasteiger charge is 2.36. The fourth-order valence-electron chi connectivity index (χ4n) is 2.37. The normalized spacial score (nSPS) is 23.9. The lowest BCUT2D eigenvalue weighted by Crippen LogP contribution is -2.26. The van der Waals surface area contributed by atoms with Crippen LogP contribution in [0.2, 0.25) is 0 Å². The zero-order chi connectivity index (χ0) is 14.4. The van der Waals surface area contributed by atoms with Gasteiger partial charge >= 0.3 is 5.97 Å². The van der Waals surface area contributed by atoms with Gasteiger partial charge in [0.25, 0.3) is 0 Å². The SMILES string of the molecule is C=C(C)[C@@H]1CC=C(COC(C)OCC)[C@@H]1C(=O)OC. The first-order valence-corrected chi connectivity index (χ1v) is 6.66. The number of rotatable bonds is 7. The zero-order valence-corrected chi connectivity index (χ0v) is 12.3. The molecule has 0 aromatic heterocycles. The Morgan fingerprint density at radius 1 is 1.53 bits per heavy atom. The summed E-state index contributed by atoms with van der Waals surface area (Å²) in [6, 6.07) is 0. The Kier molecular flexibility index (Phi) is 6.25. The monoisotopic (exact) mass is 268 g/mol. The lowest BCUT2D eigenvalue weighted by molar-refractivity contribution is -0.146. The van der Waals surface area contributed by atoms with Gasteiger partial charge in [0.2, 0.25) is 0 Å². The van der Waals surface area contributed by atoms with Crippen molar-refractivity contribution in [3.63, 3.8) is 0 Å². The van der Waals surface area contributed by atoms with E-state index in [1.807, 2.05) is 20.8 Å². The maximum absolute atomic E-state index is 11.9. The number of hydrogen-bond donors (Lipinski definition) is 0. The van der Waals surface area contributed by atoms with Gasteiger partial charge in [0.15, 0.2) is 6.29 Å². The maximum Gasteiger partial charge on any atom is 0.313 e. The van der Waals surface area contributed by atoms with E-state index in [-0.39, 0.29) is 24.1 Å². The highest BCUT2D eigenvalue weighted by molar-refractivity contribution is 5.77. The van der Waals surface area contributed by atoms with Gasteiger partial charge in [0.05, 0.1) is 19.6 Å². The lowest BCUT2D eigenvalue weighted by Gasteiger charge is -2.22. The summed E-state index contributed by atoms with van der Waals surface area (Å²) in [5.74, 6) is -0.366. The molecule has 0 bridgehead atoms. The lowest BCUT2D eigenvalue weighted by atomic mass is 9.86. The third-order valence-electron chi connectivity index (χ3n) is 3.41. The van der Waals surface area contributed by atoms with Gasteiger partial charge in [-0.3, -0.25) is 4.79 Å². The highest BCUT2D eigenvalue weighted by Crippen LogP contribution is 2.37. The minimum Gasteiger partial charge on any atom is -0.469 e. The molecule has 0 amide bonds. The van der Waals surface area contributed by atoms with Crippen LogP contribution in [0, 0.1) is 11.8 Å². The molecule has 0 heterocycles. The smallest absolute Gasteiger partial charge is 0.313 e. The van der Waals surface area contributed by atoms with Crippen molar-refractivity contribution in [2.75, 3.05) is 20.3 Å². The zero-order valence-electron chi connectivity index (χ0n) is 12.3. The minimum atomic E-state index is -0.270. The van der Waals surface area contributed by atoms with Crippen molar-refractivity contribution in [2.24, 2.45) is 11.8 Å². The van der Waals surface area contributed by atoms with E-state index in [0.717, 1.165) is 17.6 Å². The Labute approximate surface area is 115 Å². The summed E-state index contributed by atoms with van der Waals surface area (Å²) in [5.41, 5.74) is 1.96. The van der Waals surface area contributed by atoms with E-state index in [0.29, 0.717) is 13.2 Å². The van der Waals surface area contributed by atoms with E-state index in [1.165, 1.54) is 7.11 Å². The molecule has 0 N–H and O–H groups in total. The molecule has 0 aromatic rings. The Balaban J connectivity index is 2.66. The van der Waals surface area contributed by atoms with Crippen LogP contribution in [0.25, 0.3) is 0 Å². The summed E-state index contributed by atoms with van der Waals surface area (Å²) >= 11 is 0. The Morgan fingerprint density at radius 3 is 2.74 bits per heavy atom. The molecular weight excluding hydrogens is 244 g/mol. The van der Waals surface area contributed by atoms with Crippen LogP contribution in [0.3, 0.4) is 0 Å². The Hall–Kier alpha value is -1.13. The summed E-state index contributed by atoms with van der Waals surface area (Å²) in [6.07, 6.45) is 2.60. The van der Waals surface area contributed by atoms with Crippen molar-refractivity contribution in [1.29, 1.82) is 0 Å². The second-order valence-electron chi connectivity index (χ2n) is 4.80. The number of allylic oxidation sites excluding steroid dienone is 2. The number of carbonyl (C=O) groups excluding carboxylic acids is 1. The second-order valence-corrected chi connectivity index (χ2v) is 4.80. The molecule has 1 rings (SSSR count). The number of methoxy groups -OCH3 is 1. The molecule has 0 radical (unpaired) electrons. The van der Waals surface area contributed by atoms with Crippen LogP contribution in [0.1, 0.15) is 27.2 Å². The third-order valence-corrected chi connectivity index (χ3v) is 3.41. The van der Waals surface area contributed by atoms with E-state index >= 15 is 0 Å². The average Bonchev–Trinajstić information content (AvgIpc) is 2.79. The summed E-state index contributed by atoms with van der Waals surface area (Å²) in [5, 5.41) is 0. The average molecular weight is 268 g/mol. The first-order valence-electron chi connectivity index (χ1n) is 6.66. The van der Waals surface area contributed by atoms with Gasteiger partial charge in [0, 0.05) is 6.61 Å². The topological polar surface area (TPSA) is 44.8 Å². The van der Waals surface area contributed by atoms with E-state index in [1.54, 1.807) is 0 Å². The van der Waals surface area contributed by atoms with Crippen LogP contribution in [0.15, 0.2) is 23.8 Å². The van der Waals surface area contributed by atoms with Crippen molar-refractivity contribution in [1.82, 2.24) is 0 Å². The Morgan fingerprint density at radius 2 is 2.21 bits per heavy atom. The standard InChI is InChI=1S/C15H24O4/c1-6-18-11(4)19-9-12-7-8-13(10(2)3)14(12)15(16)17-5/h7,11,13-14H,2,6,8-9H2,1,3-5H3/t11?,13-,14-/m0/s1. The van der Waals surface area contributed by atoms with Gasteiger partial charge in [-0.05, 0) is 38.7 Å². The quantitative estimate of drug-likeness (QED) is 0.404. The van der Waals surface area contributed by atoms with E-state index in [2.05, 4.69) is 12.7 Å². The van der Waals surface area contributed by atoms with Crippen molar-refractivity contribution < 1.29 is 19.0 Å². The van der Waals surface area contributed by atoms with Gasteiger partial charge < -0.3 is 14.2 Å². The van der Waals surface area contributed by atoms with Crippen LogP contribution < -0.4 is 0 Å². The maximum atomic E-state index is 11.9. The van der Waals surface area contributed by atoms with Crippen LogP contribution in [0.5, 0.6) is 0 Å². The number of esters is 1. The number of hydrogen-bond acceptors (Lipinski definition) is 4. The van der Waals surface area contributed by atoms with E-state index in [4.69, 9.17) is 14.2 Å². The second kappa shape index (κ2) is 7.46. The van der Waals surface area contributed by atoms with Gasteiger partial charge in [-0.1, -0.05) is 18.2 Å². The first kappa shape index (κ1) is 15.9. The van der Waals surface area contributed by atoms with E-state index < -0.39 is 0 Å². The molecule has 3 atom stereocenters. The van der Waals surface area contributed by atoms with E-state index in [9.17, 15) is 4.79 Å². The molecule has 0 aliphatic heterocycles. The Bertz CT molecular complexity index is 359. The van der Waals surface area contributed by atoms with Crippen LogP contribution >= 0.6 is 0 Å². The predicted octanol–water partition coefficient (Wildman–Crippen LogP) is 2.70. The van der Waals surface area contributed by atoms with Gasteiger partial charge in [0.1, 0.15) is 0 Å². The van der Waals surface area contributed by atoms with Gasteiger partial charge in [-0.25, -0.2) is 0 Å². The molecule has 1 aliphatic carbocycles. The molecule has 19 heavy (non-hydrogen) atoms.